The van der Waals surface area contributed by atoms with Crippen molar-refractivity contribution in [3.8, 4) is 0 Å². The zero-order chi connectivity index (χ0) is 12.6. The van der Waals surface area contributed by atoms with E-state index in [-0.39, 0.29) is 6.42 Å². The summed E-state index contributed by atoms with van der Waals surface area (Å²) in [6.45, 7) is -1.22. The molecule has 1 aliphatic heterocycles. The number of nitrogens with one attached hydrogen (secondary N) is 1. The molecule has 1 aromatic carbocycles. The van der Waals surface area contributed by atoms with E-state index in [2.05, 4.69) is 5.32 Å². The van der Waals surface area contributed by atoms with E-state index >= 15 is 0 Å². The SMILES string of the molecule is CNc1ccc2c(c1)CC(=O)N2CC(F)(F)F. The van der Waals surface area contributed by atoms with E-state index in [4.69, 9.17) is 0 Å². The highest BCUT2D eigenvalue weighted by atomic mass is 19.4. The van der Waals surface area contributed by atoms with Crippen molar-refractivity contribution < 1.29 is 18.0 Å². The fourth-order valence-corrected chi connectivity index (χ4v) is 1.89. The number of anilines is 2. The van der Waals surface area contributed by atoms with Crippen molar-refractivity contribution >= 4 is 17.3 Å². The average molecular weight is 244 g/mol. The van der Waals surface area contributed by atoms with E-state index < -0.39 is 18.6 Å². The molecule has 3 nitrogen and oxygen atoms in total. The molecule has 92 valence electrons. The van der Waals surface area contributed by atoms with E-state index in [1.54, 1.807) is 19.2 Å². The van der Waals surface area contributed by atoms with Crippen LogP contribution in [0.4, 0.5) is 24.5 Å². The van der Waals surface area contributed by atoms with Crippen LogP contribution in [0.3, 0.4) is 0 Å². The lowest BCUT2D eigenvalue weighted by atomic mass is 10.1. The molecule has 0 unspecified atom stereocenters. The number of rotatable bonds is 2. The average Bonchev–Trinajstić information content (AvgIpc) is 2.52. The molecule has 1 aromatic rings. The molecule has 0 saturated heterocycles. The van der Waals surface area contributed by atoms with Gasteiger partial charge in [-0.2, -0.15) is 13.2 Å². The lowest BCUT2D eigenvalue weighted by Gasteiger charge is -2.19. The molecule has 1 aliphatic rings. The lowest BCUT2D eigenvalue weighted by Crippen LogP contribution is -2.36. The Bertz CT molecular complexity index is 457. The van der Waals surface area contributed by atoms with E-state index in [1.807, 2.05) is 0 Å². The zero-order valence-corrected chi connectivity index (χ0v) is 9.14. The highest BCUT2D eigenvalue weighted by molar-refractivity contribution is 6.01. The van der Waals surface area contributed by atoms with Crippen molar-refractivity contribution in [3.05, 3.63) is 23.8 Å². The fraction of sp³-hybridized carbons (Fsp3) is 0.364. The maximum absolute atomic E-state index is 12.3. The Morgan fingerprint density at radius 3 is 2.71 bits per heavy atom. The summed E-state index contributed by atoms with van der Waals surface area (Å²) in [5, 5.41) is 2.88. The Kier molecular flexibility index (Phi) is 2.73. The molecule has 1 amide bonds. The summed E-state index contributed by atoms with van der Waals surface area (Å²) < 4.78 is 36.9. The van der Waals surface area contributed by atoms with Crippen LogP contribution in [0.2, 0.25) is 0 Å². The molecule has 0 saturated carbocycles. The molecule has 0 aliphatic carbocycles. The van der Waals surface area contributed by atoms with Gasteiger partial charge in [-0.1, -0.05) is 0 Å². The standard InChI is InChI=1S/C11H11F3N2O/c1-15-8-2-3-9-7(4-8)5-10(17)16(9)6-11(12,13)14/h2-4,15H,5-6H2,1H3. The summed E-state index contributed by atoms with van der Waals surface area (Å²) >= 11 is 0. The Morgan fingerprint density at radius 1 is 1.41 bits per heavy atom. The molecular weight excluding hydrogens is 233 g/mol. The molecule has 0 radical (unpaired) electrons. The number of hydrogen-bond donors (Lipinski definition) is 1. The first-order chi connectivity index (χ1) is 7.90. The van der Waals surface area contributed by atoms with Gasteiger partial charge >= 0.3 is 6.18 Å². The summed E-state index contributed by atoms with van der Waals surface area (Å²) in [7, 11) is 1.71. The number of nitrogens with zero attached hydrogens (tertiary/aromatic N) is 1. The van der Waals surface area contributed by atoms with Gasteiger partial charge in [0.05, 0.1) is 6.42 Å². The van der Waals surface area contributed by atoms with Crippen molar-refractivity contribution in [2.24, 2.45) is 0 Å². The van der Waals surface area contributed by atoms with Crippen molar-refractivity contribution in [2.45, 2.75) is 12.6 Å². The third-order valence-corrected chi connectivity index (χ3v) is 2.64. The largest absolute Gasteiger partial charge is 0.406 e. The van der Waals surface area contributed by atoms with Gasteiger partial charge in [-0.25, -0.2) is 0 Å². The number of benzene rings is 1. The van der Waals surface area contributed by atoms with Gasteiger partial charge in [-0.05, 0) is 23.8 Å². The topological polar surface area (TPSA) is 32.3 Å². The fourth-order valence-electron chi connectivity index (χ4n) is 1.89. The molecule has 0 bridgehead atoms. The number of carbonyl (C=O) groups excluding carboxylic acids is 1. The van der Waals surface area contributed by atoms with Crippen LogP contribution in [0.1, 0.15) is 5.56 Å². The number of fused-ring (bicyclic) bond motifs is 1. The van der Waals surface area contributed by atoms with Crippen molar-refractivity contribution in [3.63, 3.8) is 0 Å². The minimum absolute atomic E-state index is 0.0287. The smallest absolute Gasteiger partial charge is 0.388 e. The minimum atomic E-state index is -4.38. The Balaban J connectivity index is 2.31. The predicted octanol–water partition coefficient (Wildman–Crippen LogP) is 2.18. The third-order valence-electron chi connectivity index (χ3n) is 2.64. The maximum Gasteiger partial charge on any atom is 0.406 e. The van der Waals surface area contributed by atoms with E-state index in [0.29, 0.717) is 11.3 Å². The van der Waals surface area contributed by atoms with Crippen LogP contribution in [-0.2, 0) is 11.2 Å². The maximum atomic E-state index is 12.3. The van der Waals surface area contributed by atoms with Crippen molar-refractivity contribution in [2.75, 3.05) is 23.8 Å². The first-order valence-electron chi connectivity index (χ1n) is 5.08. The van der Waals surface area contributed by atoms with Gasteiger partial charge in [0.2, 0.25) is 5.91 Å². The highest BCUT2D eigenvalue weighted by Crippen LogP contribution is 2.33. The summed E-state index contributed by atoms with van der Waals surface area (Å²) in [6.07, 6.45) is -4.35. The molecule has 6 heteroatoms. The number of halogens is 3. The molecule has 1 N–H and O–H groups in total. The Labute approximate surface area is 96.2 Å². The first-order valence-corrected chi connectivity index (χ1v) is 5.08. The van der Waals surface area contributed by atoms with Crippen LogP contribution in [0.15, 0.2) is 18.2 Å². The highest BCUT2D eigenvalue weighted by Gasteiger charge is 2.37. The van der Waals surface area contributed by atoms with E-state index in [1.165, 1.54) is 6.07 Å². The second kappa shape index (κ2) is 3.94. The van der Waals surface area contributed by atoms with E-state index in [9.17, 15) is 18.0 Å². The van der Waals surface area contributed by atoms with Crippen LogP contribution in [-0.4, -0.2) is 25.7 Å². The summed E-state index contributed by atoms with van der Waals surface area (Å²) in [5.74, 6) is -0.509. The van der Waals surface area contributed by atoms with Gasteiger partial charge < -0.3 is 10.2 Å². The molecule has 2 rings (SSSR count). The van der Waals surface area contributed by atoms with Gasteiger partial charge in [0.1, 0.15) is 6.54 Å². The van der Waals surface area contributed by atoms with Crippen LogP contribution >= 0.6 is 0 Å². The molecule has 0 spiro atoms. The quantitative estimate of drug-likeness (QED) is 0.864. The third kappa shape index (κ3) is 2.35. The number of alkyl halides is 3. The summed E-state index contributed by atoms with van der Waals surface area (Å²) in [5.41, 5.74) is 1.77. The Hall–Kier alpha value is -1.72. The molecular formula is C11H11F3N2O. The van der Waals surface area contributed by atoms with E-state index in [0.717, 1.165) is 10.6 Å². The predicted molar refractivity (Wildman–Crippen MR) is 58.1 cm³/mol. The monoisotopic (exact) mass is 244 g/mol. The number of carbonyl (C=O) groups is 1. The van der Waals surface area contributed by atoms with Crippen LogP contribution in [0, 0.1) is 0 Å². The number of hydrogen-bond acceptors (Lipinski definition) is 2. The van der Waals surface area contributed by atoms with Gasteiger partial charge in [0.15, 0.2) is 0 Å². The molecule has 0 atom stereocenters. The summed E-state index contributed by atoms with van der Waals surface area (Å²) in [4.78, 5) is 12.3. The summed E-state index contributed by atoms with van der Waals surface area (Å²) in [6, 6.07) is 4.89. The van der Waals surface area contributed by atoms with Crippen molar-refractivity contribution in [1.82, 2.24) is 0 Å². The normalized spacial score (nSPS) is 15.1. The molecule has 0 fully saturated rings. The number of amides is 1. The minimum Gasteiger partial charge on any atom is -0.388 e. The van der Waals surface area contributed by atoms with Gasteiger partial charge in [-0.3, -0.25) is 4.79 Å². The van der Waals surface area contributed by atoms with Crippen LogP contribution in [0.5, 0.6) is 0 Å². The van der Waals surface area contributed by atoms with Gasteiger partial charge in [0.25, 0.3) is 0 Å². The molecule has 17 heavy (non-hydrogen) atoms. The molecule has 0 aromatic heterocycles. The second-order valence-corrected chi connectivity index (χ2v) is 3.87. The van der Waals surface area contributed by atoms with Gasteiger partial charge in [-0.15, -0.1) is 0 Å². The van der Waals surface area contributed by atoms with Crippen LogP contribution < -0.4 is 10.2 Å². The molecule has 1 heterocycles. The lowest BCUT2D eigenvalue weighted by molar-refractivity contribution is -0.131. The second-order valence-electron chi connectivity index (χ2n) is 3.87. The van der Waals surface area contributed by atoms with Crippen molar-refractivity contribution in [1.29, 1.82) is 0 Å². The first kappa shape index (κ1) is 11.8. The zero-order valence-electron chi connectivity index (χ0n) is 9.14. The van der Waals surface area contributed by atoms with Gasteiger partial charge in [0, 0.05) is 18.4 Å². The Morgan fingerprint density at radius 2 is 2.12 bits per heavy atom. The van der Waals surface area contributed by atoms with Crippen LogP contribution in [0.25, 0.3) is 0 Å².